The average molecular weight is 333 g/mol. The Morgan fingerprint density at radius 3 is 2.41 bits per heavy atom. The molecular weight excluding hydrogens is 313 g/mol. The summed E-state index contributed by atoms with van der Waals surface area (Å²) in [5, 5.41) is 0. The van der Waals surface area contributed by atoms with E-state index in [1.165, 1.54) is 18.5 Å². The third-order valence-electron chi connectivity index (χ3n) is 3.58. The van der Waals surface area contributed by atoms with Gasteiger partial charge >= 0.3 is 0 Å². The van der Waals surface area contributed by atoms with E-state index in [1.807, 2.05) is 0 Å². The molecule has 1 saturated heterocycles. The summed E-state index contributed by atoms with van der Waals surface area (Å²) in [5.41, 5.74) is 0. The van der Waals surface area contributed by atoms with Crippen molar-refractivity contribution in [2.45, 2.75) is 30.9 Å². The second kappa shape index (κ2) is 6.39. The van der Waals surface area contributed by atoms with Crippen LogP contribution in [0.5, 0.6) is 11.5 Å². The van der Waals surface area contributed by atoms with Crippen molar-refractivity contribution in [1.82, 2.24) is 4.31 Å². The minimum atomic E-state index is -3.99. The van der Waals surface area contributed by atoms with Gasteiger partial charge in [-0.15, -0.1) is 0 Å². The smallest absolute Gasteiger partial charge is 0.246 e. The SMILES string of the molecule is COc1cc(F)c(S(=O)(=O)N2C[C@H](C)OC[C@@H]2C)cc1OC. The molecule has 0 radical (unpaired) electrons. The zero-order valence-electron chi connectivity index (χ0n) is 13.0. The van der Waals surface area contributed by atoms with Gasteiger partial charge in [-0.05, 0) is 13.8 Å². The Morgan fingerprint density at radius 1 is 1.23 bits per heavy atom. The van der Waals surface area contributed by atoms with Crippen LogP contribution in [-0.4, -0.2) is 52.2 Å². The molecule has 124 valence electrons. The summed E-state index contributed by atoms with van der Waals surface area (Å²) in [6, 6.07) is 1.80. The van der Waals surface area contributed by atoms with Crippen LogP contribution in [0.15, 0.2) is 17.0 Å². The zero-order chi connectivity index (χ0) is 16.5. The van der Waals surface area contributed by atoms with Gasteiger partial charge < -0.3 is 14.2 Å². The fourth-order valence-corrected chi connectivity index (χ4v) is 4.12. The van der Waals surface area contributed by atoms with E-state index in [9.17, 15) is 12.8 Å². The van der Waals surface area contributed by atoms with E-state index in [-0.39, 0.29) is 36.8 Å². The highest BCUT2D eigenvalue weighted by Gasteiger charge is 2.36. The molecule has 0 saturated carbocycles. The third kappa shape index (κ3) is 3.04. The summed E-state index contributed by atoms with van der Waals surface area (Å²) in [6.45, 7) is 3.95. The third-order valence-corrected chi connectivity index (χ3v) is 5.57. The number of hydrogen-bond acceptors (Lipinski definition) is 5. The molecule has 2 rings (SSSR count). The molecule has 2 atom stereocenters. The lowest BCUT2D eigenvalue weighted by Crippen LogP contribution is -2.50. The molecule has 1 aromatic carbocycles. The highest BCUT2D eigenvalue weighted by atomic mass is 32.2. The molecule has 0 aromatic heterocycles. The lowest BCUT2D eigenvalue weighted by molar-refractivity contribution is -0.0171. The minimum Gasteiger partial charge on any atom is -0.493 e. The molecule has 0 bridgehead atoms. The number of morpholine rings is 1. The van der Waals surface area contributed by atoms with Crippen LogP contribution in [0.1, 0.15) is 13.8 Å². The molecule has 22 heavy (non-hydrogen) atoms. The molecule has 1 aliphatic heterocycles. The monoisotopic (exact) mass is 333 g/mol. The molecule has 0 N–H and O–H groups in total. The second-order valence-electron chi connectivity index (χ2n) is 5.21. The van der Waals surface area contributed by atoms with Crippen molar-refractivity contribution in [3.05, 3.63) is 17.9 Å². The molecule has 0 aliphatic carbocycles. The first-order valence-electron chi connectivity index (χ1n) is 6.86. The van der Waals surface area contributed by atoms with Crippen molar-refractivity contribution in [1.29, 1.82) is 0 Å². The Morgan fingerprint density at radius 2 is 1.82 bits per heavy atom. The van der Waals surface area contributed by atoms with Crippen molar-refractivity contribution in [2.75, 3.05) is 27.4 Å². The Hall–Kier alpha value is -1.38. The summed E-state index contributed by atoms with van der Waals surface area (Å²) in [5.74, 6) is -0.567. The first-order chi connectivity index (χ1) is 10.3. The lowest BCUT2D eigenvalue weighted by atomic mass is 10.2. The molecule has 1 aliphatic rings. The predicted molar refractivity (Wildman–Crippen MR) is 78.3 cm³/mol. The summed E-state index contributed by atoms with van der Waals surface area (Å²) < 4.78 is 56.5. The van der Waals surface area contributed by atoms with Crippen LogP contribution in [-0.2, 0) is 14.8 Å². The van der Waals surface area contributed by atoms with E-state index in [4.69, 9.17) is 14.2 Å². The summed E-state index contributed by atoms with van der Waals surface area (Å²) in [6.07, 6.45) is -0.241. The maximum atomic E-state index is 14.3. The number of methoxy groups -OCH3 is 2. The first-order valence-corrected chi connectivity index (χ1v) is 8.30. The van der Waals surface area contributed by atoms with Gasteiger partial charge in [0.1, 0.15) is 10.7 Å². The number of halogens is 1. The van der Waals surface area contributed by atoms with Gasteiger partial charge in [-0.1, -0.05) is 0 Å². The Kier molecular flexibility index (Phi) is 4.93. The van der Waals surface area contributed by atoms with Crippen LogP contribution in [0.2, 0.25) is 0 Å². The molecule has 1 aromatic rings. The van der Waals surface area contributed by atoms with Crippen molar-refractivity contribution in [3.8, 4) is 11.5 Å². The van der Waals surface area contributed by atoms with Crippen molar-refractivity contribution in [3.63, 3.8) is 0 Å². The van der Waals surface area contributed by atoms with E-state index in [0.29, 0.717) is 0 Å². The molecule has 0 spiro atoms. The van der Waals surface area contributed by atoms with E-state index in [0.717, 1.165) is 12.1 Å². The minimum absolute atomic E-state index is 0.141. The number of ether oxygens (including phenoxy) is 3. The fraction of sp³-hybridized carbons (Fsp3) is 0.571. The highest BCUT2D eigenvalue weighted by Crippen LogP contribution is 2.34. The second-order valence-corrected chi connectivity index (χ2v) is 7.06. The Bertz CT molecular complexity index is 649. The largest absolute Gasteiger partial charge is 0.493 e. The molecule has 0 unspecified atom stereocenters. The average Bonchev–Trinajstić information content (AvgIpc) is 2.48. The van der Waals surface area contributed by atoms with Gasteiger partial charge in [-0.3, -0.25) is 0 Å². The Balaban J connectivity index is 2.49. The first kappa shape index (κ1) is 17.0. The van der Waals surface area contributed by atoms with Crippen LogP contribution in [0.25, 0.3) is 0 Å². The Labute approximate surface area is 129 Å². The summed E-state index contributed by atoms with van der Waals surface area (Å²) in [7, 11) is -1.26. The number of benzene rings is 1. The summed E-state index contributed by atoms with van der Waals surface area (Å²) in [4.78, 5) is -0.425. The van der Waals surface area contributed by atoms with Crippen LogP contribution in [0.4, 0.5) is 4.39 Å². The number of sulfonamides is 1. The topological polar surface area (TPSA) is 65.1 Å². The van der Waals surface area contributed by atoms with E-state index in [1.54, 1.807) is 13.8 Å². The molecule has 1 fully saturated rings. The van der Waals surface area contributed by atoms with Crippen LogP contribution < -0.4 is 9.47 Å². The maximum absolute atomic E-state index is 14.3. The molecule has 0 amide bonds. The predicted octanol–water partition coefficient (Wildman–Crippen LogP) is 1.64. The molecular formula is C14H20FNO5S. The molecule has 6 nitrogen and oxygen atoms in total. The maximum Gasteiger partial charge on any atom is 0.246 e. The molecule has 8 heteroatoms. The number of hydrogen-bond donors (Lipinski definition) is 0. The lowest BCUT2D eigenvalue weighted by Gasteiger charge is -2.35. The van der Waals surface area contributed by atoms with E-state index >= 15 is 0 Å². The number of nitrogens with zero attached hydrogens (tertiary/aromatic N) is 1. The van der Waals surface area contributed by atoms with Crippen LogP contribution in [0.3, 0.4) is 0 Å². The van der Waals surface area contributed by atoms with Gasteiger partial charge in [0.15, 0.2) is 11.5 Å². The van der Waals surface area contributed by atoms with Crippen molar-refractivity contribution < 1.29 is 27.0 Å². The standard InChI is InChI=1S/C14H20FNO5S/c1-9-8-21-10(2)7-16(9)22(17,18)14-6-13(20-4)12(19-3)5-11(14)15/h5-6,9-10H,7-8H2,1-4H3/t9-,10-/m0/s1. The van der Waals surface area contributed by atoms with Gasteiger partial charge in [-0.2, -0.15) is 4.31 Å². The zero-order valence-corrected chi connectivity index (χ0v) is 13.8. The van der Waals surface area contributed by atoms with Crippen LogP contribution in [0, 0.1) is 5.82 Å². The van der Waals surface area contributed by atoms with Gasteiger partial charge in [-0.25, -0.2) is 12.8 Å². The fourth-order valence-electron chi connectivity index (χ4n) is 2.37. The van der Waals surface area contributed by atoms with Gasteiger partial charge in [0.25, 0.3) is 0 Å². The van der Waals surface area contributed by atoms with Gasteiger partial charge in [0.2, 0.25) is 10.0 Å². The van der Waals surface area contributed by atoms with Crippen LogP contribution >= 0.6 is 0 Å². The van der Waals surface area contributed by atoms with Crippen molar-refractivity contribution in [2.24, 2.45) is 0 Å². The van der Waals surface area contributed by atoms with E-state index in [2.05, 4.69) is 0 Å². The molecule has 1 heterocycles. The quantitative estimate of drug-likeness (QED) is 0.838. The normalized spacial score (nSPS) is 23.3. The van der Waals surface area contributed by atoms with Gasteiger partial charge in [0, 0.05) is 24.7 Å². The van der Waals surface area contributed by atoms with E-state index < -0.39 is 20.7 Å². The van der Waals surface area contributed by atoms with Gasteiger partial charge in [0.05, 0.1) is 26.9 Å². The summed E-state index contributed by atoms with van der Waals surface area (Å²) >= 11 is 0. The number of rotatable bonds is 4. The van der Waals surface area contributed by atoms with Crippen molar-refractivity contribution >= 4 is 10.0 Å². The highest BCUT2D eigenvalue weighted by molar-refractivity contribution is 7.89.